The summed E-state index contributed by atoms with van der Waals surface area (Å²) < 4.78 is 5.82. The van der Waals surface area contributed by atoms with E-state index in [0.717, 1.165) is 18.6 Å². The van der Waals surface area contributed by atoms with Crippen molar-refractivity contribution in [2.24, 2.45) is 5.73 Å². The Hall–Kier alpha value is -1.71. The van der Waals surface area contributed by atoms with Gasteiger partial charge in [0, 0.05) is 18.4 Å². The van der Waals surface area contributed by atoms with Crippen molar-refractivity contribution in [3.05, 3.63) is 53.9 Å². The predicted molar refractivity (Wildman–Crippen MR) is 75.7 cm³/mol. The van der Waals surface area contributed by atoms with Crippen molar-refractivity contribution >= 4 is 0 Å². The second-order valence-electron chi connectivity index (χ2n) is 5.06. The molecule has 3 heteroatoms. The van der Waals surface area contributed by atoms with Crippen molar-refractivity contribution in [3.8, 4) is 11.1 Å². The molecule has 0 fully saturated rings. The number of hydrogen-bond donors (Lipinski definition) is 1. The highest BCUT2D eigenvalue weighted by molar-refractivity contribution is 5.64. The number of aromatic nitrogens is 1. The number of benzene rings is 1. The monoisotopic (exact) mass is 254 g/mol. The van der Waals surface area contributed by atoms with Gasteiger partial charge < -0.3 is 10.5 Å². The lowest BCUT2D eigenvalue weighted by Gasteiger charge is -2.29. The number of hydrogen-bond acceptors (Lipinski definition) is 3. The van der Waals surface area contributed by atoms with E-state index in [1.54, 1.807) is 6.20 Å². The minimum Gasteiger partial charge on any atom is -0.372 e. The van der Waals surface area contributed by atoms with Gasteiger partial charge in [0.15, 0.2) is 0 Å². The van der Waals surface area contributed by atoms with Gasteiger partial charge in [-0.2, -0.15) is 0 Å². The molecule has 98 valence electrons. The first-order chi connectivity index (χ1) is 9.25. The van der Waals surface area contributed by atoms with Gasteiger partial charge in [0.05, 0.1) is 12.7 Å². The Morgan fingerprint density at radius 3 is 2.95 bits per heavy atom. The minimum absolute atomic E-state index is 0.000344. The van der Waals surface area contributed by atoms with Crippen LogP contribution in [0.3, 0.4) is 0 Å². The molecule has 0 saturated heterocycles. The van der Waals surface area contributed by atoms with Crippen LogP contribution in [-0.4, -0.2) is 17.6 Å². The van der Waals surface area contributed by atoms with Gasteiger partial charge in [-0.25, -0.2) is 0 Å². The summed E-state index contributed by atoms with van der Waals surface area (Å²) >= 11 is 0. The number of pyridine rings is 1. The molecule has 1 unspecified atom stereocenters. The molecule has 3 nitrogen and oxygen atoms in total. The molecule has 2 N–H and O–H groups in total. The molecule has 3 rings (SSSR count). The van der Waals surface area contributed by atoms with Crippen LogP contribution < -0.4 is 5.73 Å². The van der Waals surface area contributed by atoms with Crippen LogP contribution in [-0.2, 0) is 11.2 Å². The standard InChI is InChI=1S/C16H18N2O/c1-11(17)16-15-9-13(14-3-2-7-18-10-14)5-4-12(15)6-8-19-16/h2-5,7,9-11,16H,6,8,17H2,1H3/t11-,16?/m0/s1. The molecule has 2 heterocycles. The van der Waals surface area contributed by atoms with Gasteiger partial charge >= 0.3 is 0 Å². The Balaban J connectivity index is 2.05. The second kappa shape index (κ2) is 5.11. The van der Waals surface area contributed by atoms with Gasteiger partial charge in [-0.05, 0) is 47.7 Å². The molecule has 2 atom stereocenters. The average Bonchev–Trinajstić information content (AvgIpc) is 2.47. The fraction of sp³-hybridized carbons (Fsp3) is 0.312. The molecular formula is C16H18N2O. The van der Waals surface area contributed by atoms with E-state index in [4.69, 9.17) is 10.5 Å². The van der Waals surface area contributed by atoms with Crippen molar-refractivity contribution in [1.29, 1.82) is 0 Å². The Morgan fingerprint density at radius 1 is 1.32 bits per heavy atom. The van der Waals surface area contributed by atoms with Crippen LogP contribution in [0.15, 0.2) is 42.7 Å². The lowest BCUT2D eigenvalue weighted by molar-refractivity contribution is 0.0285. The van der Waals surface area contributed by atoms with Crippen LogP contribution in [0.5, 0.6) is 0 Å². The van der Waals surface area contributed by atoms with Gasteiger partial charge in [-0.3, -0.25) is 4.98 Å². The zero-order chi connectivity index (χ0) is 13.2. The van der Waals surface area contributed by atoms with Crippen molar-refractivity contribution in [2.45, 2.75) is 25.5 Å². The molecule has 1 aliphatic heterocycles. The van der Waals surface area contributed by atoms with E-state index >= 15 is 0 Å². The van der Waals surface area contributed by atoms with Crippen molar-refractivity contribution in [3.63, 3.8) is 0 Å². The lowest BCUT2D eigenvalue weighted by Crippen LogP contribution is -2.31. The molecule has 2 aromatic rings. The summed E-state index contributed by atoms with van der Waals surface area (Å²) in [5.74, 6) is 0. The van der Waals surface area contributed by atoms with Crippen molar-refractivity contribution in [2.75, 3.05) is 6.61 Å². The molecule has 0 bridgehead atoms. The summed E-state index contributed by atoms with van der Waals surface area (Å²) in [6, 6.07) is 10.6. The van der Waals surface area contributed by atoms with E-state index in [-0.39, 0.29) is 12.1 Å². The van der Waals surface area contributed by atoms with Crippen LogP contribution in [0.4, 0.5) is 0 Å². The third kappa shape index (κ3) is 2.39. The maximum Gasteiger partial charge on any atom is 0.0975 e. The highest BCUT2D eigenvalue weighted by Gasteiger charge is 2.24. The van der Waals surface area contributed by atoms with E-state index < -0.39 is 0 Å². The summed E-state index contributed by atoms with van der Waals surface area (Å²) in [7, 11) is 0. The van der Waals surface area contributed by atoms with Gasteiger partial charge in [0.2, 0.25) is 0 Å². The number of fused-ring (bicyclic) bond motifs is 1. The SMILES string of the molecule is C[C@H](N)C1OCCc2ccc(-c3cccnc3)cc21. The topological polar surface area (TPSA) is 48.1 Å². The quantitative estimate of drug-likeness (QED) is 0.896. The van der Waals surface area contributed by atoms with E-state index in [0.29, 0.717) is 0 Å². The molecule has 0 amide bonds. The summed E-state index contributed by atoms with van der Waals surface area (Å²) in [6.45, 7) is 2.75. The maximum atomic E-state index is 6.03. The molecule has 19 heavy (non-hydrogen) atoms. The van der Waals surface area contributed by atoms with E-state index in [1.807, 2.05) is 19.2 Å². The first-order valence-electron chi connectivity index (χ1n) is 6.66. The van der Waals surface area contributed by atoms with Gasteiger partial charge in [0.1, 0.15) is 0 Å². The number of rotatable bonds is 2. The van der Waals surface area contributed by atoms with Crippen LogP contribution in [0.2, 0.25) is 0 Å². The largest absolute Gasteiger partial charge is 0.372 e. The zero-order valence-electron chi connectivity index (χ0n) is 11.0. The van der Waals surface area contributed by atoms with Crippen molar-refractivity contribution < 1.29 is 4.74 Å². The highest BCUT2D eigenvalue weighted by atomic mass is 16.5. The number of ether oxygens (including phenoxy) is 1. The summed E-state index contributed by atoms with van der Waals surface area (Å²) in [5, 5.41) is 0. The number of nitrogens with zero attached hydrogens (tertiary/aromatic N) is 1. The number of nitrogens with two attached hydrogens (primary N) is 1. The Morgan fingerprint density at radius 2 is 2.21 bits per heavy atom. The molecule has 1 aliphatic rings. The molecule has 1 aromatic heterocycles. The lowest BCUT2D eigenvalue weighted by atomic mass is 9.91. The molecule has 0 radical (unpaired) electrons. The fourth-order valence-corrected chi connectivity index (χ4v) is 2.62. The predicted octanol–water partition coefficient (Wildman–Crippen LogP) is 2.71. The van der Waals surface area contributed by atoms with E-state index in [9.17, 15) is 0 Å². The van der Waals surface area contributed by atoms with Crippen LogP contribution in [0, 0.1) is 0 Å². The van der Waals surface area contributed by atoms with Gasteiger partial charge in [0.25, 0.3) is 0 Å². The van der Waals surface area contributed by atoms with Crippen LogP contribution >= 0.6 is 0 Å². The minimum atomic E-state index is 0.000344. The molecule has 1 aromatic carbocycles. The fourth-order valence-electron chi connectivity index (χ4n) is 2.62. The van der Waals surface area contributed by atoms with Gasteiger partial charge in [-0.15, -0.1) is 0 Å². The van der Waals surface area contributed by atoms with Crippen LogP contribution in [0.25, 0.3) is 11.1 Å². The van der Waals surface area contributed by atoms with E-state index in [2.05, 4.69) is 29.2 Å². The third-order valence-electron chi connectivity index (χ3n) is 3.59. The third-order valence-corrected chi connectivity index (χ3v) is 3.59. The summed E-state index contributed by atoms with van der Waals surface area (Å²) in [4.78, 5) is 4.17. The summed E-state index contributed by atoms with van der Waals surface area (Å²) in [5.41, 5.74) is 10.9. The first kappa shape index (κ1) is 12.3. The van der Waals surface area contributed by atoms with Crippen LogP contribution in [0.1, 0.15) is 24.2 Å². The smallest absolute Gasteiger partial charge is 0.0975 e. The zero-order valence-corrected chi connectivity index (χ0v) is 11.0. The first-order valence-corrected chi connectivity index (χ1v) is 6.66. The molecule has 0 aliphatic carbocycles. The normalized spacial score (nSPS) is 19.8. The summed E-state index contributed by atoms with van der Waals surface area (Å²) in [6.07, 6.45) is 4.63. The molecular weight excluding hydrogens is 236 g/mol. The Bertz CT molecular complexity index is 566. The Labute approximate surface area is 113 Å². The van der Waals surface area contributed by atoms with Crippen molar-refractivity contribution in [1.82, 2.24) is 4.98 Å². The Kier molecular flexibility index (Phi) is 3.32. The molecule has 0 spiro atoms. The maximum absolute atomic E-state index is 6.03. The highest BCUT2D eigenvalue weighted by Crippen LogP contribution is 2.32. The second-order valence-corrected chi connectivity index (χ2v) is 5.06. The average molecular weight is 254 g/mol. The molecule has 0 saturated carbocycles. The van der Waals surface area contributed by atoms with E-state index in [1.165, 1.54) is 16.7 Å². The van der Waals surface area contributed by atoms with Gasteiger partial charge in [-0.1, -0.05) is 18.2 Å².